The van der Waals surface area contributed by atoms with Crippen molar-refractivity contribution in [2.75, 3.05) is 9.80 Å². The van der Waals surface area contributed by atoms with Crippen LogP contribution in [0.5, 0.6) is 0 Å². The van der Waals surface area contributed by atoms with Crippen molar-refractivity contribution in [3.05, 3.63) is 292 Å². The molecule has 2 aliphatic rings. The van der Waals surface area contributed by atoms with Crippen molar-refractivity contribution in [1.82, 2.24) is 14.5 Å². The number of rotatable bonds is 11. The molecule has 11 aromatic carbocycles. The molecule has 0 saturated carbocycles. The Bertz CT molecular complexity index is 4650. The standard InChI is InChI=1S/C82H66BN5Si2/c1-89(2,3)64-39-43-74-66(49-64)67-50-65(90(4,5)6)40-44-75(67)86(74)63-47-78-80-79(48-63)88(82-70(59-33-21-11-22-34-59)53-85-54-71(82)60-35-23-12-24-36-60)77-46-62(56-27-15-8-16-28-56)38-42-73(77)83(80)72-41-37-61(55-25-13-7-14-26-55)45-76(72)87(78)81-68(57-29-17-9-18-30-57)51-84-52-69(81)58-31-19-10-20-32-58/h7-54H,1-6H3. The van der Waals surface area contributed by atoms with E-state index in [0.29, 0.717) is 0 Å². The largest absolute Gasteiger partial charge is 0.310 e. The Morgan fingerprint density at radius 2 is 0.622 bits per heavy atom. The lowest BCUT2D eigenvalue weighted by Gasteiger charge is -2.46. The van der Waals surface area contributed by atoms with Crippen molar-refractivity contribution >= 4 is 106 Å². The zero-order chi connectivity index (χ0) is 60.8. The predicted octanol–water partition coefficient (Wildman–Crippen LogP) is 18.7. The van der Waals surface area contributed by atoms with E-state index in [9.17, 15) is 0 Å². The van der Waals surface area contributed by atoms with E-state index in [4.69, 9.17) is 9.97 Å². The monoisotopic (exact) mass is 1190 g/mol. The van der Waals surface area contributed by atoms with E-state index in [0.717, 1.165) is 107 Å². The van der Waals surface area contributed by atoms with Crippen molar-refractivity contribution in [2.45, 2.75) is 39.3 Å². The fourth-order valence-electron chi connectivity index (χ4n) is 14.1. The molecule has 430 valence electrons. The molecule has 14 aromatic rings. The number of benzene rings is 11. The van der Waals surface area contributed by atoms with Crippen molar-refractivity contribution in [1.29, 1.82) is 0 Å². The van der Waals surface area contributed by atoms with Gasteiger partial charge in [0.05, 0.1) is 44.2 Å². The molecule has 0 saturated heterocycles. The second kappa shape index (κ2) is 21.7. The summed E-state index contributed by atoms with van der Waals surface area (Å²) in [5.74, 6) is 0. The van der Waals surface area contributed by atoms with Gasteiger partial charge in [-0.25, -0.2) is 0 Å². The maximum Gasteiger partial charge on any atom is 0.252 e. The van der Waals surface area contributed by atoms with Crippen LogP contribution >= 0.6 is 0 Å². The molecule has 8 heteroatoms. The van der Waals surface area contributed by atoms with E-state index in [1.54, 1.807) is 0 Å². The van der Waals surface area contributed by atoms with Gasteiger partial charge in [-0.2, -0.15) is 0 Å². The highest BCUT2D eigenvalue weighted by Gasteiger charge is 2.46. The van der Waals surface area contributed by atoms with Crippen LogP contribution in [0.4, 0.5) is 34.1 Å². The maximum absolute atomic E-state index is 5.16. The fraction of sp³-hybridized carbons (Fsp3) is 0.0732. The van der Waals surface area contributed by atoms with E-state index in [-0.39, 0.29) is 6.71 Å². The molecule has 0 aliphatic carbocycles. The first-order valence-electron chi connectivity index (χ1n) is 31.4. The Morgan fingerprint density at radius 1 is 0.300 bits per heavy atom. The number of pyridine rings is 2. The van der Waals surface area contributed by atoms with Gasteiger partial charge in [-0.05, 0) is 97.3 Å². The molecule has 5 nitrogen and oxygen atoms in total. The summed E-state index contributed by atoms with van der Waals surface area (Å²) in [5.41, 5.74) is 26.7. The van der Waals surface area contributed by atoms with Crippen LogP contribution in [-0.4, -0.2) is 37.4 Å². The third-order valence-electron chi connectivity index (χ3n) is 18.6. The van der Waals surface area contributed by atoms with Crippen LogP contribution in [0.15, 0.2) is 292 Å². The van der Waals surface area contributed by atoms with Gasteiger partial charge in [0.2, 0.25) is 0 Å². The Kier molecular flexibility index (Phi) is 13.3. The SMILES string of the molecule is C[Si](C)(C)c1ccc2c(c1)c1cc([Si](C)(C)C)ccc1n2-c1cc2c3c(c1)N(c1c(-c4ccccc4)cncc1-c1ccccc1)c1cc(-c4ccccc4)ccc1B3c1ccc(-c3ccccc3)cc1N2c1c(-c2ccccc2)cncc1-c1ccccc1. The molecule has 0 amide bonds. The summed E-state index contributed by atoms with van der Waals surface area (Å²) in [5, 5.41) is 5.47. The summed E-state index contributed by atoms with van der Waals surface area (Å²) >= 11 is 0. The smallest absolute Gasteiger partial charge is 0.252 e. The maximum atomic E-state index is 5.16. The predicted molar refractivity (Wildman–Crippen MR) is 389 cm³/mol. The second-order valence-corrected chi connectivity index (χ2v) is 36.4. The first-order valence-corrected chi connectivity index (χ1v) is 38.4. The lowest BCUT2D eigenvalue weighted by atomic mass is 9.33. The molecular weight excluding hydrogens is 1120 g/mol. The van der Waals surface area contributed by atoms with Gasteiger partial charge in [-0.3, -0.25) is 9.97 Å². The molecule has 0 spiro atoms. The van der Waals surface area contributed by atoms with Crippen molar-refractivity contribution in [3.63, 3.8) is 0 Å². The van der Waals surface area contributed by atoms with Gasteiger partial charge in [-0.1, -0.05) is 280 Å². The Hall–Kier alpha value is -10.4. The van der Waals surface area contributed by atoms with Crippen molar-refractivity contribution < 1.29 is 0 Å². The number of nitrogens with zero attached hydrogens (tertiary/aromatic N) is 5. The molecule has 0 bridgehead atoms. The van der Waals surface area contributed by atoms with Gasteiger partial charge in [0.25, 0.3) is 6.71 Å². The highest BCUT2D eigenvalue weighted by atomic mass is 28.3. The zero-order valence-electron chi connectivity index (χ0n) is 51.5. The summed E-state index contributed by atoms with van der Waals surface area (Å²) in [4.78, 5) is 15.6. The van der Waals surface area contributed by atoms with E-state index in [2.05, 4.69) is 345 Å². The summed E-state index contributed by atoms with van der Waals surface area (Å²) in [6, 6.07) is 99.6. The lowest BCUT2D eigenvalue weighted by molar-refractivity contribution is 1.16. The van der Waals surface area contributed by atoms with Gasteiger partial charge < -0.3 is 14.4 Å². The summed E-state index contributed by atoms with van der Waals surface area (Å²) in [6.45, 7) is 14.6. The molecule has 0 radical (unpaired) electrons. The van der Waals surface area contributed by atoms with Gasteiger partial charge in [0, 0.05) is 80.6 Å². The van der Waals surface area contributed by atoms with Crippen LogP contribution in [0.2, 0.25) is 39.3 Å². The summed E-state index contributed by atoms with van der Waals surface area (Å²) in [6.07, 6.45) is 8.34. The van der Waals surface area contributed by atoms with Gasteiger partial charge in [0.1, 0.15) is 0 Å². The Balaban J connectivity index is 1.12. The number of hydrogen-bond donors (Lipinski definition) is 0. The molecule has 16 rings (SSSR count). The molecule has 2 aliphatic heterocycles. The summed E-state index contributed by atoms with van der Waals surface area (Å²) < 4.78 is 2.59. The van der Waals surface area contributed by atoms with E-state index in [1.165, 1.54) is 48.6 Å². The topological polar surface area (TPSA) is 37.2 Å². The van der Waals surface area contributed by atoms with Crippen LogP contribution < -0.4 is 36.6 Å². The molecule has 90 heavy (non-hydrogen) atoms. The highest BCUT2D eigenvalue weighted by Crippen LogP contribution is 2.54. The number of anilines is 6. The molecule has 0 atom stereocenters. The quantitative estimate of drug-likeness (QED) is 0.121. The normalized spacial score (nSPS) is 12.7. The minimum absolute atomic E-state index is 0.211. The minimum atomic E-state index is -1.77. The molecule has 5 heterocycles. The molecule has 0 unspecified atom stereocenters. The van der Waals surface area contributed by atoms with Gasteiger partial charge >= 0.3 is 0 Å². The van der Waals surface area contributed by atoms with Crippen LogP contribution in [0, 0.1) is 0 Å². The minimum Gasteiger partial charge on any atom is -0.310 e. The molecule has 0 N–H and O–H groups in total. The molecular formula is C82H66BN5Si2. The first kappa shape index (κ1) is 55.0. The van der Waals surface area contributed by atoms with Crippen LogP contribution in [0.1, 0.15) is 0 Å². The van der Waals surface area contributed by atoms with E-state index in [1.807, 2.05) is 0 Å². The van der Waals surface area contributed by atoms with Gasteiger partial charge in [-0.15, -0.1) is 0 Å². The third kappa shape index (κ3) is 9.28. The van der Waals surface area contributed by atoms with Gasteiger partial charge in [0.15, 0.2) is 0 Å². The Morgan fingerprint density at radius 3 is 0.944 bits per heavy atom. The van der Waals surface area contributed by atoms with E-state index < -0.39 is 16.1 Å². The first-order chi connectivity index (χ1) is 43.9. The Labute approximate surface area is 530 Å². The van der Waals surface area contributed by atoms with Crippen molar-refractivity contribution in [2.24, 2.45) is 0 Å². The fourth-order valence-corrected chi connectivity index (χ4v) is 16.5. The lowest BCUT2D eigenvalue weighted by Crippen LogP contribution is -2.61. The number of fused-ring (bicyclic) bond motifs is 7. The van der Waals surface area contributed by atoms with E-state index >= 15 is 0 Å². The van der Waals surface area contributed by atoms with Crippen LogP contribution in [0.25, 0.3) is 94.3 Å². The van der Waals surface area contributed by atoms with Crippen LogP contribution in [0.3, 0.4) is 0 Å². The van der Waals surface area contributed by atoms with Crippen LogP contribution in [-0.2, 0) is 0 Å². The zero-order valence-corrected chi connectivity index (χ0v) is 53.5. The molecule has 3 aromatic heterocycles. The average molecular weight is 1190 g/mol. The average Bonchev–Trinajstić information content (AvgIpc) is 0.770. The number of hydrogen-bond acceptors (Lipinski definition) is 4. The summed E-state index contributed by atoms with van der Waals surface area (Å²) in [7, 11) is -3.54. The number of aromatic nitrogens is 3. The highest BCUT2D eigenvalue weighted by molar-refractivity contribution is 7.00. The second-order valence-electron chi connectivity index (χ2n) is 26.2. The third-order valence-corrected chi connectivity index (χ3v) is 22.7. The van der Waals surface area contributed by atoms with Crippen molar-refractivity contribution in [3.8, 4) is 72.4 Å². The molecule has 0 fully saturated rings.